The molecule has 0 N–H and O–H groups in total. The van der Waals surface area contributed by atoms with Crippen molar-refractivity contribution in [3.05, 3.63) is 95.5 Å². The van der Waals surface area contributed by atoms with Gasteiger partial charge in [0.2, 0.25) is 0 Å². The molecule has 1 saturated heterocycles. The van der Waals surface area contributed by atoms with E-state index in [1.807, 2.05) is 86.7 Å². The zero-order chi connectivity index (χ0) is 25.1. The zero-order valence-corrected chi connectivity index (χ0v) is 21.7. The fourth-order valence-corrected chi connectivity index (χ4v) is 5.42. The van der Waals surface area contributed by atoms with Crippen LogP contribution in [-0.4, -0.2) is 27.5 Å². The van der Waals surface area contributed by atoms with Gasteiger partial charge in [0.1, 0.15) is 18.1 Å². The number of benzene rings is 3. The Kier molecular flexibility index (Phi) is 7.11. The Morgan fingerprint density at radius 3 is 2.39 bits per heavy atom. The Morgan fingerprint density at radius 2 is 1.64 bits per heavy atom. The lowest BCUT2D eigenvalue weighted by atomic mass is 10.1. The minimum absolute atomic E-state index is 0.0961. The number of thioether (sulfide) groups is 1. The molecule has 3 aromatic carbocycles. The maximum absolute atomic E-state index is 13.2. The van der Waals surface area contributed by atoms with Crippen molar-refractivity contribution in [2.24, 2.45) is 0 Å². The molecule has 5 nitrogen and oxygen atoms in total. The normalized spacial score (nSPS) is 14.9. The van der Waals surface area contributed by atoms with Crippen LogP contribution in [0.1, 0.15) is 19.4 Å². The van der Waals surface area contributed by atoms with Gasteiger partial charge in [-0.2, -0.15) is 0 Å². The van der Waals surface area contributed by atoms with E-state index in [4.69, 9.17) is 21.7 Å². The molecule has 182 valence electrons. The fraction of sp³-hybridized carbons (Fsp3) is 0.172. The van der Waals surface area contributed by atoms with Gasteiger partial charge >= 0.3 is 0 Å². The SMILES string of the molecule is CC(C)Oc1ccc(OCCn2cc(/C=C3\SC(=S)N(c4ccccc4)C3=O)c3ccccc32)cc1. The molecule has 5 rings (SSSR count). The summed E-state index contributed by atoms with van der Waals surface area (Å²) in [5, 5.41) is 1.08. The number of thiocarbonyl (C=S) groups is 1. The third-order valence-corrected chi connectivity index (χ3v) is 7.01. The lowest BCUT2D eigenvalue weighted by Gasteiger charge is -2.13. The molecule has 1 aliphatic rings. The largest absolute Gasteiger partial charge is 0.492 e. The second kappa shape index (κ2) is 10.6. The van der Waals surface area contributed by atoms with Crippen LogP contribution in [0.15, 0.2) is 90.0 Å². The molecule has 1 fully saturated rings. The van der Waals surface area contributed by atoms with E-state index in [9.17, 15) is 4.79 Å². The molecular weight excluding hydrogens is 488 g/mol. The van der Waals surface area contributed by atoms with Crippen LogP contribution in [0, 0.1) is 0 Å². The summed E-state index contributed by atoms with van der Waals surface area (Å²) >= 11 is 6.86. The van der Waals surface area contributed by atoms with E-state index in [2.05, 4.69) is 22.9 Å². The van der Waals surface area contributed by atoms with E-state index in [1.54, 1.807) is 4.90 Å². The summed E-state index contributed by atoms with van der Waals surface area (Å²) in [6, 6.07) is 25.4. The molecule has 4 aromatic rings. The lowest BCUT2D eigenvalue weighted by Crippen LogP contribution is -2.27. The van der Waals surface area contributed by atoms with Crippen molar-refractivity contribution in [1.82, 2.24) is 4.57 Å². The van der Waals surface area contributed by atoms with Crippen molar-refractivity contribution in [2.45, 2.75) is 26.5 Å². The molecule has 0 saturated carbocycles. The van der Waals surface area contributed by atoms with Crippen molar-refractivity contribution >= 4 is 56.9 Å². The third kappa shape index (κ3) is 5.17. The number of aromatic nitrogens is 1. The van der Waals surface area contributed by atoms with Gasteiger partial charge in [0.15, 0.2) is 4.32 Å². The molecule has 2 heterocycles. The maximum Gasteiger partial charge on any atom is 0.270 e. The molecule has 0 unspecified atom stereocenters. The van der Waals surface area contributed by atoms with Crippen LogP contribution < -0.4 is 14.4 Å². The predicted octanol–water partition coefficient (Wildman–Crippen LogP) is 6.91. The van der Waals surface area contributed by atoms with Gasteiger partial charge in [-0.3, -0.25) is 9.69 Å². The van der Waals surface area contributed by atoms with Crippen LogP contribution in [0.25, 0.3) is 17.0 Å². The third-order valence-electron chi connectivity index (χ3n) is 5.71. The molecule has 0 bridgehead atoms. The molecule has 0 spiro atoms. The number of para-hydroxylation sites is 2. The molecular formula is C29H26N2O3S2. The Bertz CT molecular complexity index is 1430. The van der Waals surface area contributed by atoms with Crippen molar-refractivity contribution in [2.75, 3.05) is 11.5 Å². The van der Waals surface area contributed by atoms with Gasteiger partial charge in [-0.15, -0.1) is 0 Å². The van der Waals surface area contributed by atoms with Gasteiger partial charge in [0.05, 0.1) is 23.2 Å². The lowest BCUT2D eigenvalue weighted by molar-refractivity contribution is -0.113. The number of rotatable bonds is 8. The molecule has 1 amide bonds. The standard InChI is InChI=1S/C29H26N2O3S2/c1-20(2)34-24-14-12-23(13-15-24)33-17-16-30-19-21(25-10-6-7-11-26(25)30)18-27-28(32)31(29(35)36-27)22-8-4-3-5-9-22/h3-15,18-20H,16-17H2,1-2H3/b27-18-. The fourth-order valence-electron chi connectivity index (χ4n) is 4.13. The summed E-state index contributed by atoms with van der Waals surface area (Å²) in [5.74, 6) is 1.53. The Hall–Kier alpha value is -3.55. The first kappa shape index (κ1) is 24.2. The van der Waals surface area contributed by atoms with Crippen molar-refractivity contribution in [3.63, 3.8) is 0 Å². The van der Waals surface area contributed by atoms with Gasteiger partial charge in [0.25, 0.3) is 5.91 Å². The number of anilines is 1. The summed E-state index contributed by atoms with van der Waals surface area (Å²) in [4.78, 5) is 15.4. The minimum Gasteiger partial charge on any atom is -0.492 e. The number of nitrogens with zero attached hydrogens (tertiary/aromatic N) is 2. The van der Waals surface area contributed by atoms with Crippen molar-refractivity contribution < 1.29 is 14.3 Å². The predicted molar refractivity (Wildman–Crippen MR) is 152 cm³/mol. The smallest absolute Gasteiger partial charge is 0.270 e. The Balaban J connectivity index is 1.33. The minimum atomic E-state index is -0.0961. The van der Waals surface area contributed by atoms with Gasteiger partial charge in [-0.25, -0.2) is 0 Å². The van der Waals surface area contributed by atoms with Crippen molar-refractivity contribution in [3.8, 4) is 11.5 Å². The van der Waals surface area contributed by atoms with Crippen LogP contribution in [0.4, 0.5) is 5.69 Å². The number of carbonyl (C=O) groups is 1. The second-order valence-corrected chi connectivity index (χ2v) is 10.3. The summed E-state index contributed by atoms with van der Waals surface area (Å²) in [7, 11) is 0. The number of hydrogen-bond donors (Lipinski definition) is 0. The van der Waals surface area contributed by atoms with E-state index in [0.29, 0.717) is 22.4 Å². The van der Waals surface area contributed by atoms with E-state index in [0.717, 1.165) is 33.7 Å². The Morgan fingerprint density at radius 1 is 0.944 bits per heavy atom. The number of carbonyl (C=O) groups excluding carboxylic acids is 1. The monoisotopic (exact) mass is 514 g/mol. The molecule has 36 heavy (non-hydrogen) atoms. The second-order valence-electron chi connectivity index (χ2n) is 8.63. The van der Waals surface area contributed by atoms with Gasteiger partial charge in [-0.05, 0) is 62.4 Å². The molecule has 1 aliphatic heterocycles. The quantitative estimate of drug-likeness (QED) is 0.189. The number of hydrogen-bond acceptors (Lipinski definition) is 5. The first-order valence-corrected chi connectivity index (χ1v) is 13.0. The first-order chi connectivity index (χ1) is 17.5. The highest BCUT2D eigenvalue weighted by Crippen LogP contribution is 2.37. The maximum atomic E-state index is 13.2. The highest BCUT2D eigenvalue weighted by atomic mass is 32.2. The summed E-state index contributed by atoms with van der Waals surface area (Å²) in [5.41, 5.74) is 2.85. The van der Waals surface area contributed by atoms with Gasteiger partial charge < -0.3 is 14.0 Å². The Labute approximate surface area is 220 Å². The van der Waals surface area contributed by atoms with Gasteiger partial charge in [-0.1, -0.05) is 60.4 Å². The average Bonchev–Trinajstić information content (AvgIpc) is 3.36. The first-order valence-electron chi connectivity index (χ1n) is 11.8. The van der Waals surface area contributed by atoms with Crippen molar-refractivity contribution in [1.29, 1.82) is 0 Å². The van der Waals surface area contributed by atoms with E-state index >= 15 is 0 Å². The number of amides is 1. The summed E-state index contributed by atoms with van der Waals surface area (Å²) in [6.07, 6.45) is 4.15. The van der Waals surface area contributed by atoms with E-state index < -0.39 is 0 Å². The number of fused-ring (bicyclic) bond motifs is 1. The highest BCUT2D eigenvalue weighted by Gasteiger charge is 2.33. The molecule has 0 atom stereocenters. The van der Waals surface area contributed by atoms with Crippen LogP contribution in [0.2, 0.25) is 0 Å². The topological polar surface area (TPSA) is 43.7 Å². The van der Waals surface area contributed by atoms with Crippen LogP contribution in [-0.2, 0) is 11.3 Å². The summed E-state index contributed by atoms with van der Waals surface area (Å²) < 4.78 is 14.4. The number of ether oxygens (including phenoxy) is 2. The van der Waals surface area contributed by atoms with Gasteiger partial charge in [0, 0.05) is 22.7 Å². The molecule has 7 heteroatoms. The summed E-state index contributed by atoms with van der Waals surface area (Å²) in [6.45, 7) is 5.19. The molecule has 0 radical (unpaired) electrons. The highest BCUT2D eigenvalue weighted by molar-refractivity contribution is 8.27. The molecule has 0 aliphatic carbocycles. The van der Waals surface area contributed by atoms with Crippen LogP contribution in [0.5, 0.6) is 11.5 Å². The zero-order valence-electron chi connectivity index (χ0n) is 20.1. The van der Waals surface area contributed by atoms with Crippen LogP contribution in [0.3, 0.4) is 0 Å². The van der Waals surface area contributed by atoms with E-state index in [-0.39, 0.29) is 12.0 Å². The average molecular weight is 515 g/mol. The van der Waals surface area contributed by atoms with E-state index in [1.165, 1.54) is 11.8 Å². The van der Waals surface area contributed by atoms with Crippen LogP contribution >= 0.6 is 24.0 Å². The molecule has 1 aromatic heterocycles.